The van der Waals surface area contributed by atoms with Crippen molar-refractivity contribution in [3.8, 4) is 12.3 Å². The van der Waals surface area contributed by atoms with Gasteiger partial charge in [-0.3, -0.25) is 4.79 Å². The lowest BCUT2D eigenvalue weighted by molar-refractivity contribution is -0.130. The van der Waals surface area contributed by atoms with E-state index < -0.39 is 0 Å². The number of para-hydroxylation sites is 1. The van der Waals surface area contributed by atoms with Crippen LogP contribution in [-0.2, 0) is 11.2 Å². The van der Waals surface area contributed by atoms with E-state index in [1.54, 1.807) is 0 Å². The average molecular weight is 506 g/mol. The van der Waals surface area contributed by atoms with Gasteiger partial charge in [-0.05, 0) is 104 Å². The molecule has 0 radical (unpaired) electrons. The van der Waals surface area contributed by atoms with Gasteiger partial charge in [0.2, 0.25) is 0 Å². The molecule has 0 spiro atoms. The maximum absolute atomic E-state index is 13.3. The minimum absolute atomic E-state index is 0.0973. The summed E-state index contributed by atoms with van der Waals surface area (Å²) in [7, 11) is 0. The zero-order chi connectivity index (χ0) is 25.9. The first-order valence-electron chi connectivity index (χ1n) is 14.8. The van der Waals surface area contributed by atoms with Gasteiger partial charge >= 0.3 is 0 Å². The van der Waals surface area contributed by atoms with Gasteiger partial charge in [-0.15, -0.1) is 6.42 Å². The van der Waals surface area contributed by atoms with Gasteiger partial charge in [0.15, 0.2) is 0 Å². The molecule has 4 fully saturated rings. The van der Waals surface area contributed by atoms with Crippen molar-refractivity contribution in [2.45, 2.75) is 88.8 Å². The molecule has 1 aliphatic heterocycles. The number of H-pyrrole nitrogens is 1. The molecule has 4 heteroatoms. The number of aromatic amines is 1. The molecule has 196 valence electrons. The number of anilines is 1. The molecule has 8 rings (SSSR count). The second-order valence-corrected chi connectivity index (χ2v) is 12.8. The van der Waals surface area contributed by atoms with Crippen LogP contribution in [0.2, 0.25) is 0 Å². The summed E-state index contributed by atoms with van der Waals surface area (Å²) in [6.07, 6.45) is 18.1. The third-order valence-electron chi connectivity index (χ3n) is 10.2. The van der Waals surface area contributed by atoms with Gasteiger partial charge in [0.25, 0.3) is 5.91 Å². The molecule has 1 amide bonds. The van der Waals surface area contributed by atoms with E-state index in [1.165, 1.54) is 55.2 Å². The van der Waals surface area contributed by atoms with Crippen LogP contribution in [0.5, 0.6) is 0 Å². The topological polar surface area (TPSA) is 48.1 Å². The summed E-state index contributed by atoms with van der Waals surface area (Å²) in [5.74, 6) is 5.00. The van der Waals surface area contributed by atoms with E-state index in [-0.39, 0.29) is 23.5 Å². The number of hydrogen-bond donors (Lipinski definition) is 2. The lowest BCUT2D eigenvalue weighted by atomic mass is 9.53. The van der Waals surface area contributed by atoms with Crippen molar-refractivity contribution in [1.82, 2.24) is 9.88 Å². The van der Waals surface area contributed by atoms with Crippen molar-refractivity contribution in [1.29, 1.82) is 0 Å². The van der Waals surface area contributed by atoms with Crippen molar-refractivity contribution < 1.29 is 4.79 Å². The molecule has 1 aromatic heterocycles. The highest BCUT2D eigenvalue weighted by molar-refractivity contribution is 5.95. The normalized spacial score (nSPS) is 31.3. The van der Waals surface area contributed by atoms with Crippen LogP contribution in [0.1, 0.15) is 87.6 Å². The first-order valence-corrected chi connectivity index (χ1v) is 14.8. The first-order chi connectivity index (χ1) is 18.6. The Hall–Kier alpha value is -3.19. The summed E-state index contributed by atoms with van der Waals surface area (Å²) in [4.78, 5) is 19.0. The van der Waals surface area contributed by atoms with Crippen LogP contribution in [0, 0.1) is 30.1 Å². The Morgan fingerprint density at radius 2 is 1.74 bits per heavy atom. The Kier molecular flexibility index (Phi) is 5.80. The molecule has 4 saturated carbocycles. The van der Waals surface area contributed by atoms with E-state index in [1.807, 2.05) is 4.90 Å². The minimum atomic E-state index is -0.212. The van der Waals surface area contributed by atoms with E-state index in [4.69, 9.17) is 6.42 Å². The van der Waals surface area contributed by atoms with Crippen LogP contribution in [0.25, 0.3) is 10.9 Å². The number of nitrogens with one attached hydrogen (secondary N) is 2. The third-order valence-corrected chi connectivity index (χ3v) is 10.2. The predicted molar refractivity (Wildman–Crippen MR) is 154 cm³/mol. The summed E-state index contributed by atoms with van der Waals surface area (Å²) in [6.45, 7) is 2.21. The minimum Gasteiger partial charge on any atom is -0.380 e. The third kappa shape index (κ3) is 3.94. The van der Waals surface area contributed by atoms with Gasteiger partial charge in [-0.1, -0.05) is 50.1 Å². The Bertz CT molecular complexity index is 1360. The standard InChI is InChI=1S/C34H39N3O/c1-3-5-8-27-18-29-28-9-6-7-10-30(28)35-32(29)33(37(27)31(38)4-2)25-11-13-26(14-12-25)36-34-19-22-15-23(20-34)17-24(16-22)21-34/h2,6-7,9-14,22-24,27,33,35-36H,3,5,8,15-21H2,1H3/t22?,23?,24?,27-,33-,34?/m0/s1. The number of benzene rings is 2. The predicted octanol–water partition coefficient (Wildman–Crippen LogP) is 7.21. The second-order valence-electron chi connectivity index (χ2n) is 12.8. The number of rotatable bonds is 6. The summed E-state index contributed by atoms with van der Waals surface area (Å²) in [5.41, 5.74) is 6.20. The maximum atomic E-state index is 13.3. The molecule has 2 atom stereocenters. The summed E-state index contributed by atoms with van der Waals surface area (Å²) >= 11 is 0. The van der Waals surface area contributed by atoms with Gasteiger partial charge in [-0.25, -0.2) is 0 Å². The maximum Gasteiger partial charge on any atom is 0.299 e. The Morgan fingerprint density at radius 3 is 2.39 bits per heavy atom. The number of carbonyl (C=O) groups is 1. The largest absolute Gasteiger partial charge is 0.380 e. The molecule has 2 N–H and O–H groups in total. The lowest BCUT2D eigenvalue weighted by Gasteiger charge is -2.57. The number of hydrogen-bond acceptors (Lipinski definition) is 2. The number of terminal acetylenes is 1. The molecule has 2 heterocycles. The van der Waals surface area contributed by atoms with Gasteiger partial charge in [-0.2, -0.15) is 0 Å². The van der Waals surface area contributed by atoms with E-state index >= 15 is 0 Å². The van der Waals surface area contributed by atoms with Crippen LogP contribution in [0.4, 0.5) is 5.69 Å². The van der Waals surface area contributed by atoms with E-state index in [9.17, 15) is 4.79 Å². The van der Waals surface area contributed by atoms with Crippen molar-refractivity contribution in [3.05, 3.63) is 65.4 Å². The number of amides is 1. The number of aromatic nitrogens is 1. The molecular weight excluding hydrogens is 466 g/mol. The summed E-state index contributed by atoms with van der Waals surface area (Å²) in [5, 5.41) is 5.28. The van der Waals surface area contributed by atoms with Gasteiger partial charge in [0.05, 0.1) is 6.04 Å². The van der Waals surface area contributed by atoms with E-state index in [0.717, 1.165) is 60.2 Å². The van der Waals surface area contributed by atoms with Crippen LogP contribution < -0.4 is 5.32 Å². The number of fused-ring (bicyclic) bond motifs is 3. The lowest BCUT2D eigenvalue weighted by Crippen LogP contribution is -2.54. The van der Waals surface area contributed by atoms with Gasteiger partial charge < -0.3 is 15.2 Å². The number of nitrogens with zero attached hydrogens (tertiary/aromatic N) is 1. The molecule has 38 heavy (non-hydrogen) atoms. The molecule has 0 saturated heterocycles. The molecule has 3 aromatic rings. The molecule has 4 aliphatic carbocycles. The molecule has 0 unspecified atom stereocenters. The quantitative estimate of drug-likeness (QED) is 0.348. The highest BCUT2D eigenvalue weighted by Crippen LogP contribution is 2.56. The molecule has 5 aliphatic rings. The number of carbonyl (C=O) groups excluding carboxylic acids is 1. The van der Waals surface area contributed by atoms with Crippen molar-refractivity contribution in [3.63, 3.8) is 0 Å². The zero-order valence-electron chi connectivity index (χ0n) is 22.5. The van der Waals surface area contributed by atoms with Gasteiger partial charge in [0.1, 0.15) is 0 Å². The monoisotopic (exact) mass is 505 g/mol. The van der Waals surface area contributed by atoms with Crippen LogP contribution in [-0.4, -0.2) is 27.4 Å². The molecular formula is C34H39N3O. The Morgan fingerprint density at radius 1 is 1.05 bits per heavy atom. The van der Waals surface area contributed by atoms with Crippen molar-refractivity contribution in [2.75, 3.05) is 5.32 Å². The van der Waals surface area contributed by atoms with Crippen molar-refractivity contribution in [2.24, 2.45) is 17.8 Å². The SMILES string of the molecule is C#CC(=O)N1[C@@H](CCCC)Cc2c([nH]c3ccccc23)[C@@H]1c1ccc(NC23CC4CC(CC(C4)C2)C3)cc1. The first kappa shape index (κ1) is 23.9. The fourth-order valence-electron chi connectivity index (χ4n) is 9.04. The zero-order valence-corrected chi connectivity index (χ0v) is 22.5. The Balaban J connectivity index is 1.25. The fraction of sp³-hybridized carbons (Fsp3) is 0.500. The average Bonchev–Trinajstić information content (AvgIpc) is 3.28. The smallest absolute Gasteiger partial charge is 0.299 e. The fourth-order valence-corrected chi connectivity index (χ4v) is 9.04. The van der Waals surface area contributed by atoms with Crippen molar-refractivity contribution >= 4 is 22.5 Å². The molecule has 4 nitrogen and oxygen atoms in total. The van der Waals surface area contributed by atoms with Crippen LogP contribution in [0.3, 0.4) is 0 Å². The number of unbranched alkanes of at least 4 members (excludes halogenated alkanes) is 1. The summed E-state index contributed by atoms with van der Waals surface area (Å²) < 4.78 is 0. The van der Waals surface area contributed by atoms with Crippen LogP contribution >= 0.6 is 0 Å². The van der Waals surface area contributed by atoms with Crippen LogP contribution in [0.15, 0.2) is 48.5 Å². The summed E-state index contributed by atoms with van der Waals surface area (Å²) in [6, 6.07) is 17.3. The van der Waals surface area contributed by atoms with E-state index in [2.05, 4.69) is 71.7 Å². The molecule has 2 aromatic carbocycles. The van der Waals surface area contributed by atoms with E-state index in [0.29, 0.717) is 0 Å². The highest BCUT2D eigenvalue weighted by Gasteiger charge is 2.51. The Labute approximate surface area is 226 Å². The highest BCUT2D eigenvalue weighted by atomic mass is 16.2. The second kappa shape index (κ2) is 9.23. The van der Waals surface area contributed by atoms with Gasteiger partial charge in [0, 0.05) is 33.9 Å². The molecule has 4 bridgehead atoms.